The number of amides is 1. The van der Waals surface area contributed by atoms with Crippen molar-refractivity contribution in [3.05, 3.63) is 35.4 Å². The van der Waals surface area contributed by atoms with Crippen LogP contribution in [0.5, 0.6) is 0 Å². The van der Waals surface area contributed by atoms with Gasteiger partial charge in [0.1, 0.15) is 0 Å². The molecule has 2 unspecified atom stereocenters. The molecule has 2 atom stereocenters. The van der Waals surface area contributed by atoms with Crippen LogP contribution in [-0.2, 0) is 11.3 Å². The van der Waals surface area contributed by atoms with Crippen LogP contribution in [0.2, 0.25) is 0 Å². The normalized spacial score (nSPS) is 23.8. The summed E-state index contributed by atoms with van der Waals surface area (Å²) in [5.74, 6) is -1.40. The van der Waals surface area contributed by atoms with E-state index in [4.69, 9.17) is 5.73 Å². The highest BCUT2D eigenvalue weighted by Crippen LogP contribution is 2.25. The molecule has 3 N–H and O–H groups in total. The van der Waals surface area contributed by atoms with E-state index in [2.05, 4.69) is 10.2 Å². The Morgan fingerprint density at radius 2 is 1.81 bits per heavy atom. The first-order valence-corrected chi connectivity index (χ1v) is 8.73. The fourth-order valence-electron chi connectivity index (χ4n) is 3.71. The zero-order chi connectivity index (χ0) is 17.1. The first-order chi connectivity index (χ1) is 11.5. The zero-order valence-corrected chi connectivity index (χ0v) is 16.3. The van der Waals surface area contributed by atoms with Gasteiger partial charge in [-0.25, -0.2) is 8.78 Å². The molecule has 0 spiro atoms. The largest absolute Gasteiger partial charge is 0.353 e. The van der Waals surface area contributed by atoms with Crippen molar-refractivity contribution in [1.29, 1.82) is 0 Å². The van der Waals surface area contributed by atoms with E-state index in [-0.39, 0.29) is 48.7 Å². The second-order valence-electron chi connectivity index (χ2n) is 7.08. The van der Waals surface area contributed by atoms with Crippen LogP contribution in [0, 0.1) is 17.6 Å². The Hall–Kier alpha value is -0.950. The lowest BCUT2D eigenvalue weighted by Crippen LogP contribution is -2.46. The molecule has 1 aromatic carbocycles. The van der Waals surface area contributed by atoms with Gasteiger partial charge < -0.3 is 11.1 Å². The number of rotatable bonds is 4. The van der Waals surface area contributed by atoms with Crippen LogP contribution in [0.4, 0.5) is 8.78 Å². The van der Waals surface area contributed by atoms with Gasteiger partial charge in [0.05, 0.1) is 0 Å². The summed E-state index contributed by atoms with van der Waals surface area (Å²) in [5.41, 5.74) is 6.65. The van der Waals surface area contributed by atoms with E-state index in [1.54, 1.807) is 6.07 Å². The van der Waals surface area contributed by atoms with Crippen LogP contribution in [-0.4, -0.2) is 36.0 Å². The van der Waals surface area contributed by atoms with Crippen LogP contribution in [0.1, 0.15) is 37.7 Å². The molecule has 148 valence electrons. The number of halogens is 4. The summed E-state index contributed by atoms with van der Waals surface area (Å²) in [6.45, 7) is 2.29. The van der Waals surface area contributed by atoms with Crippen molar-refractivity contribution in [2.24, 2.45) is 11.7 Å². The van der Waals surface area contributed by atoms with E-state index in [9.17, 15) is 13.6 Å². The summed E-state index contributed by atoms with van der Waals surface area (Å²) >= 11 is 0. The van der Waals surface area contributed by atoms with E-state index in [0.717, 1.165) is 50.8 Å². The van der Waals surface area contributed by atoms with E-state index in [1.807, 2.05) is 0 Å². The number of benzene rings is 1. The topological polar surface area (TPSA) is 58.4 Å². The second-order valence-corrected chi connectivity index (χ2v) is 7.08. The molecule has 2 aliphatic rings. The van der Waals surface area contributed by atoms with E-state index in [0.29, 0.717) is 6.54 Å². The summed E-state index contributed by atoms with van der Waals surface area (Å²) < 4.78 is 26.2. The van der Waals surface area contributed by atoms with E-state index < -0.39 is 11.6 Å². The van der Waals surface area contributed by atoms with Gasteiger partial charge in [-0.15, -0.1) is 24.8 Å². The number of piperidine rings is 1. The van der Waals surface area contributed by atoms with Gasteiger partial charge in [-0.1, -0.05) is 6.07 Å². The molecule has 1 heterocycles. The smallest absolute Gasteiger partial charge is 0.223 e. The van der Waals surface area contributed by atoms with Crippen molar-refractivity contribution in [2.75, 3.05) is 13.1 Å². The number of hydrogen-bond acceptors (Lipinski definition) is 3. The molecule has 1 aliphatic carbocycles. The molecule has 4 nitrogen and oxygen atoms in total. The average Bonchev–Trinajstić information content (AvgIpc) is 2.99. The highest BCUT2D eigenvalue weighted by molar-refractivity contribution is 5.85. The monoisotopic (exact) mass is 409 g/mol. The van der Waals surface area contributed by atoms with Crippen LogP contribution in [0.25, 0.3) is 0 Å². The maximum absolute atomic E-state index is 13.3. The molecular formula is C18H27Cl2F2N3O. The molecule has 0 bridgehead atoms. The van der Waals surface area contributed by atoms with Crippen molar-refractivity contribution in [3.63, 3.8) is 0 Å². The molecule has 3 rings (SSSR count). The molecule has 8 heteroatoms. The van der Waals surface area contributed by atoms with Crippen molar-refractivity contribution >= 4 is 30.7 Å². The molecule has 2 fully saturated rings. The van der Waals surface area contributed by atoms with Crippen molar-refractivity contribution < 1.29 is 13.6 Å². The minimum absolute atomic E-state index is 0. The Morgan fingerprint density at radius 3 is 2.38 bits per heavy atom. The maximum Gasteiger partial charge on any atom is 0.223 e. The van der Waals surface area contributed by atoms with Gasteiger partial charge in [0, 0.05) is 37.6 Å². The van der Waals surface area contributed by atoms with E-state index in [1.165, 1.54) is 12.1 Å². The Kier molecular flexibility index (Phi) is 9.24. The highest BCUT2D eigenvalue weighted by atomic mass is 35.5. The maximum atomic E-state index is 13.3. The van der Waals surface area contributed by atoms with Gasteiger partial charge in [0.15, 0.2) is 11.6 Å². The molecule has 0 radical (unpaired) electrons. The number of hydrogen-bond donors (Lipinski definition) is 2. The Labute approximate surface area is 165 Å². The van der Waals surface area contributed by atoms with Crippen molar-refractivity contribution in [1.82, 2.24) is 10.2 Å². The Bertz CT molecular complexity index is 598. The summed E-state index contributed by atoms with van der Waals surface area (Å²) in [6.07, 6.45) is 4.38. The van der Waals surface area contributed by atoms with Gasteiger partial charge >= 0.3 is 0 Å². The summed E-state index contributed by atoms with van der Waals surface area (Å²) in [6, 6.07) is 4.42. The number of nitrogens with one attached hydrogen (secondary N) is 1. The Morgan fingerprint density at radius 1 is 1.12 bits per heavy atom. The third-order valence-electron chi connectivity index (χ3n) is 5.17. The van der Waals surface area contributed by atoms with Gasteiger partial charge in [0.2, 0.25) is 5.91 Å². The van der Waals surface area contributed by atoms with Crippen molar-refractivity contribution in [3.8, 4) is 0 Å². The molecule has 1 saturated heterocycles. The fourth-order valence-corrected chi connectivity index (χ4v) is 3.71. The average molecular weight is 410 g/mol. The number of nitrogens with two attached hydrogens (primary N) is 1. The van der Waals surface area contributed by atoms with Gasteiger partial charge in [0.25, 0.3) is 0 Å². The summed E-state index contributed by atoms with van der Waals surface area (Å²) in [7, 11) is 0. The highest BCUT2D eigenvalue weighted by Gasteiger charge is 2.30. The molecule has 1 amide bonds. The quantitative estimate of drug-likeness (QED) is 0.803. The third kappa shape index (κ3) is 6.05. The number of nitrogens with zero attached hydrogens (tertiary/aromatic N) is 1. The van der Waals surface area contributed by atoms with Crippen LogP contribution >= 0.6 is 24.8 Å². The molecule has 1 aromatic rings. The Balaban J connectivity index is 0.00000169. The number of likely N-dealkylation sites (tertiary alicyclic amines) is 1. The predicted octanol–water partition coefficient (Wildman–Crippen LogP) is 3.02. The lowest BCUT2D eigenvalue weighted by atomic mass is 10.0. The third-order valence-corrected chi connectivity index (χ3v) is 5.17. The van der Waals surface area contributed by atoms with Gasteiger partial charge in [-0.3, -0.25) is 9.69 Å². The SMILES string of the molecule is Cl.Cl.NC1CCC(C(=O)NC2CCN(Cc3ccc(F)c(F)c3)CC2)C1. The molecular weight excluding hydrogens is 383 g/mol. The number of carbonyl (C=O) groups is 1. The lowest BCUT2D eigenvalue weighted by Gasteiger charge is -2.33. The first kappa shape index (κ1) is 23.1. The standard InChI is InChI=1S/C18H25F2N3O.2ClH/c19-16-4-1-12(9-17(16)20)11-23-7-5-15(6-8-23)22-18(24)13-2-3-14(21)10-13;;/h1,4,9,13-15H,2-3,5-8,10-11,21H2,(H,22,24);2*1H. The van der Waals surface area contributed by atoms with Crippen molar-refractivity contribution in [2.45, 2.75) is 50.7 Å². The van der Waals surface area contributed by atoms with Crippen LogP contribution in [0.15, 0.2) is 18.2 Å². The number of carbonyl (C=O) groups excluding carboxylic acids is 1. The molecule has 1 aliphatic heterocycles. The first-order valence-electron chi connectivity index (χ1n) is 8.73. The van der Waals surface area contributed by atoms with Crippen LogP contribution in [0.3, 0.4) is 0 Å². The van der Waals surface area contributed by atoms with Gasteiger partial charge in [-0.2, -0.15) is 0 Å². The predicted molar refractivity (Wildman–Crippen MR) is 103 cm³/mol. The molecule has 0 aromatic heterocycles. The summed E-state index contributed by atoms with van der Waals surface area (Å²) in [4.78, 5) is 14.5. The lowest BCUT2D eigenvalue weighted by molar-refractivity contribution is -0.125. The van der Waals surface area contributed by atoms with Gasteiger partial charge in [-0.05, 0) is 49.8 Å². The van der Waals surface area contributed by atoms with Crippen LogP contribution < -0.4 is 11.1 Å². The molecule has 1 saturated carbocycles. The second kappa shape index (κ2) is 10.4. The fraction of sp³-hybridized carbons (Fsp3) is 0.611. The molecule has 26 heavy (non-hydrogen) atoms. The summed E-state index contributed by atoms with van der Waals surface area (Å²) in [5, 5.41) is 3.15. The van der Waals surface area contributed by atoms with E-state index >= 15 is 0 Å². The minimum Gasteiger partial charge on any atom is -0.353 e. The minimum atomic E-state index is -0.813. The zero-order valence-electron chi connectivity index (χ0n) is 14.6.